The fraction of sp³-hybridized carbons (Fsp3) is 0.400. The summed E-state index contributed by atoms with van der Waals surface area (Å²) < 4.78 is 3.88. The summed E-state index contributed by atoms with van der Waals surface area (Å²) in [4.78, 5) is 9.09. The molecule has 0 saturated heterocycles. The van der Waals surface area contributed by atoms with Crippen molar-refractivity contribution in [1.82, 2.24) is 24.3 Å². The van der Waals surface area contributed by atoms with Gasteiger partial charge in [0.2, 0.25) is 0 Å². The summed E-state index contributed by atoms with van der Waals surface area (Å²) in [5, 5.41) is 4.37. The van der Waals surface area contributed by atoms with Crippen molar-refractivity contribution in [2.75, 3.05) is 5.73 Å². The highest BCUT2D eigenvalue weighted by Crippen LogP contribution is 2.27. The molecule has 2 aromatic heterocycles. The first-order valence-electron chi connectivity index (χ1n) is 6.95. The second-order valence-electron chi connectivity index (χ2n) is 6.35. The first-order valence-corrected chi connectivity index (χ1v) is 6.95. The largest absolute Gasteiger partial charge is 0.399 e. The van der Waals surface area contributed by atoms with Gasteiger partial charge in [-0.15, -0.1) is 0 Å². The first-order chi connectivity index (χ1) is 9.84. The maximum absolute atomic E-state index is 5.87. The third-order valence-electron chi connectivity index (χ3n) is 3.39. The van der Waals surface area contributed by atoms with Gasteiger partial charge in [-0.1, -0.05) is 20.8 Å². The zero-order valence-corrected chi connectivity index (χ0v) is 12.8. The van der Waals surface area contributed by atoms with Gasteiger partial charge in [0.25, 0.3) is 0 Å². The Morgan fingerprint density at radius 1 is 1.24 bits per heavy atom. The molecular formula is C15H20N6. The van der Waals surface area contributed by atoms with Crippen molar-refractivity contribution in [3.8, 4) is 0 Å². The molecule has 0 spiro atoms. The van der Waals surface area contributed by atoms with E-state index in [9.17, 15) is 0 Å². The van der Waals surface area contributed by atoms with Crippen molar-refractivity contribution >= 4 is 16.7 Å². The van der Waals surface area contributed by atoms with Crippen LogP contribution in [-0.4, -0.2) is 24.3 Å². The Hall–Kier alpha value is -2.37. The summed E-state index contributed by atoms with van der Waals surface area (Å²) in [6.45, 7) is 7.06. The quantitative estimate of drug-likeness (QED) is 0.731. The van der Waals surface area contributed by atoms with Gasteiger partial charge in [0, 0.05) is 18.2 Å². The molecule has 0 aliphatic rings. The monoisotopic (exact) mass is 284 g/mol. The lowest BCUT2D eigenvalue weighted by Gasteiger charge is -2.19. The Morgan fingerprint density at radius 2 is 2.00 bits per heavy atom. The molecule has 0 amide bonds. The number of nitrogen functional groups attached to an aromatic ring is 1. The molecule has 1 aromatic carbocycles. The predicted molar refractivity (Wildman–Crippen MR) is 83.0 cm³/mol. The summed E-state index contributed by atoms with van der Waals surface area (Å²) in [6.07, 6.45) is 1.71. The third kappa shape index (κ3) is 2.49. The Morgan fingerprint density at radius 3 is 2.62 bits per heavy atom. The van der Waals surface area contributed by atoms with E-state index in [1.807, 2.05) is 25.2 Å². The zero-order chi connectivity index (χ0) is 15.2. The number of anilines is 1. The lowest BCUT2D eigenvalue weighted by Crippen LogP contribution is -2.20. The molecule has 3 aromatic rings. The van der Waals surface area contributed by atoms with Gasteiger partial charge in [0.05, 0.1) is 17.6 Å². The van der Waals surface area contributed by atoms with Crippen LogP contribution in [0, 0.1) is 0 Å². The molecular weight excluding hydrogens is 264 g/mol. The molecule has 0 aliphatic heterocycles. The second-order valence-corrected chi connectivity index (χ2v) is 6.35. The van der Waals surface area contributed by atoms with Gasteiger partial charge in [0.15, 0.2) is 5.82 Å². The predicted octanol–water partition coefficient (Wildman–Crippen LogP) is 2.09. The minimum absolute atomic E-state index is 0.0669. The van der Waals surface area contributed by atoms with Crippen molar-refractivity contribution in [2.24, 2.45) is 7.05 Å². The standard InChI is InChI=1S/C15H20N6/c1-15(2,3)14-18-11-7-10(16)5-6-12(11)21(14)8-13-17-9-20(4)19-13/h5-7,9H,8,16H2,1-4H3. The first kappa shape index (κ1) is 13.6. The molecule has 2 heterocycles. The van der Waals surface area contributed by atoms with Gasteiger partial charge >= 0.3 is 0 Å². The number of hydrogen-bond acceptors (Lipinski definition) is 4. The van der Waals surface area contributed by atoms with Crippen LogP contribution >= 0.6 is 0 Å². The summed E-state index contributed by atoms with van der Waals surface area (Å²) in [5.41, 5.74) is 8.50. The van der Waals surface area contributed by atoms with Crippen molar-refractivity contribution in [1.29, 1.82) is 0 Å². The van der Waals surface area contributed by atoms with E-state index >= 15 is 0 Å². The number of aromatic nitrogens is 5. The molecule has 6 nitrogen and oxygen atoms in total. The van der Waals surface area contributed by atoms with E-state index in [2.05, 4.69) is 35.4 Å². The van der Waals surface area contributed by atoms with Gasteiger partial charge in [-0.3, -0.25) is 4.68 Å². The minimum atomic E-state index is -0.0669. The molecule has 0 atom stereocenters. The number of benzene rings is 1. The lowest BCUT2D eigenvalue weighted by molar-refractivity contribution is 0.512. The molecule has 0 bridgehead atoms. The number of nitrogens with two attached hydrogens (primary N) is 1. The van der Waals surface area contributed by atoms with Gasteiger partial charge in [-0.25, -0.2) is 9.97 Å². The van der Waals surface area contributed by atoms with Crippen LogP contribution in [-0.2, 0) is 19.0 Å². The summed E-state index contributed by atoms with van der Waals surface area (Å²) in [7, 11) is 1.87. The van der Waals surface area contributed by atoms with Crippen LogP contribution in [0.4, 0.5) is 5.69 Å². The topological polar surface area (TPSA) is 74.5 Å². The van der Waals surface area contributed by atoms with E-state index in [0.29, 0.717) is 6.54 Å². The molecule has 0 radical (unpaired) electrons. The molecule has 110 valence electrons. The summed E-state index contributed by atoms with van der Waals surface area (Å²) in [5.74, 6) is 1.79. The van der Waals surface area contributed by atoms with E-state index in [1.54, 1.807) is 11.0 Å². The van der Waals surface area contributed by atoms with Crippen LogP contribution in [0.15, 0.2) is 24.5 Å². The van der Waals surface area contributed by atoms with Crippen LogP contribution in [0.1, 0.15) is 32.4 Å². The van der Waals surface area contributed by atoms with E-state index in [0.717, 1.165) is 28.4 Å². The lowest BCUT2D eigenvalue weighted by atomic mass is 9.95. The Kier molecular flexibility index (Phi) is 2.97. The van der Waals surface area contributed by atoms with Crippen molar-refractivity contribution in [2.45, 2.75) is 32.7 Å². The van der Waals surface area contributed by atoms with Crippen molar-refractivity contribution in [3.63, 3.8) is 0 Å². The number of nitrogens with zero attached hydrogens (tertiary/aromatic N) is 5. The van der Waals surface area contributed by atoms with Crippen LogP contribution in [0.5, 0.6) is 0 Å². The SMILES string of the molecule is Cn1cnc(Cn2c(C(C)(C)C)nc3cc(N)ccc32)n1. The number of aryl methyl sites for hydroxylation is 1. The number of rotatable bonds is 2. The van der Waals surface area contributed by atoms with E-state index in [-0.39, 0.29) is 5.41 Å². The molecule has 0 saturated carbocycles. The smallest absolute Gasteiger partial charge is 0.170 e. The molecule has 3 rings (SSSR count). The van der Waals surface area contributed by atoms with E-state index in [1.165, 1.54) is 0 Å². The minimum Gasteiger partial charge on any atom is -0.399 e. The maximum atomic E-state index is 5.87. The van der Waals surface area contributed by atoms with Gasteiger partial charge in [-0.2, -0.15) is 5.10 Å². The molecule has 6 heteroatoms. The average molecular weight is 284 g/mol. The summed E-state index contributed by atoms with van der Waals surface area (Å²) >= 11 is 0. The Labute approximate surface area is 123 Å². The fourth-order valence-corrected chi connectivity index (χ4v) is 2.48. The highest BCUT2D eigenvalue weighted by Gasteiger charge is 2.23. The van der Waals surface area contributed by atoms with E-state index in [4.69, 9.17) is 10.7 Å². The molecule has 0 aliphatic carbocycles. The highest BCUT2D eigenvalue weighted by molar-refractivity contribution is 5.80. The van der Waals surface area contributed by atoms with E-state index < -0.39 is 0 Å². The Bertz CT molecular complexity index is 790. The fourth-order valence-electron chi connectivity index (χ4n) is 2.48. The third-order valence-corrected chi connectivity index (χ3v) is 3.39. The molecule has 0 fully saturated rings. The average Bonchev–Trinajstić information content (AvgIpc) is 2.93. The van der Waals surface area contributed by atoms with Crippen molar-refractivity contribution in [3.05, 3.63) is 36.2 Å². The normalized spacial score (nSPS) is 12.2. The van der Waals surface area contributed by atoms with Gasteiger partial charge in [0.1, 0.15) is 12.2 Å². The number of hydrogen-bond donors (Lipinski definition) is 1. The van der Waals surface area contributed by atoms with Crippen LogP contribution in [0.3, 0.4) is 0 Å². The van der Waals surface area contributed by atoms with Crippen LogP contribution in [0.25, 0.3) is 11.0 Å². The molecule has 0 unspecified atom stereocenters. The highest BCUT2D eigenvalue weighted by atomic mass is 15.3. The maximum Gasteiger partial charge on any atom is 0.170 e. The second kappa shape index (κ2) is 4.58. The molecule has 2 N–H and O–H groups in total. The molecule has 21 heavy (non-hydrogen) atoms. The number of imidazole rings is 1. The van der Waals surface area contributed by atoms with Crippen LogP contribution in [0.2, 0.25) is 0 Å². The van der Waals surface area contributed by atoms with Gasteiger partial charge in [-0.05, 0) is 18.2 Å². The van der Waals surface area contributed by atoms with Gasteiger partial charge < -0.3 is 10.3 Å². The number of fused-ring (bicyclic) bond motifs is 1. The zero-order valence-electron chi connectivity index (χ0n) is 12.8. The summed E-state index contributed by atoms with van der Waals surface area (Å²) in [6, 6.07) is 5.82. The Balaban J connectivity index is 2.17. The van der Waals surface area contributed by atoms with Crippen molar-refractivity contribution < 1.29 is 0 Å². The van der Waals surface area contributed by atoms with Crippen LogP contribution < -0.4 is 5.73 Å².